The minimum absolute atomic E-state index is 0. The number of aliphatic carboxylic acids is 2. The first-order chi connectivity index (χ1) is 17.5. The number of pyridine rings is 2. The summed E-state index contributed by atoms with van der Waals surface area (Å²) in [6.45, 7) is 9.98. The number of carbonyl (C=O) groups is 2. The third-order valence-corrected chi connectivity index (χ3v) is 6.47. The molecule has 9 nitrogen and oxygen atoms in total. The van der Waals surface area contributed by atoms with E-state index in [1.165, 1.54) is 4.90 Å². The van der Waals surface area contributed by atoms with Gasteiger partial charge in [-0.1, -0.05) is 12.1 Å². The van der Waals surface area contributed by atoms with Crippen LogP contribution >= 0.6 is 0 Å². The Hall–Kier alpha value is -1.98. The van der Waals surface area contributed by atoms with Gasteiger partial charge < -0.3 is 30.4 Å². The van der Waals surface area contributed by atoms with Gasteiger partial charge in [-0.05, 0) is 92.3 Å². The van der Waals surface area contributed by atoms with Gasteiger partial charge in [0.05, 0.1) is 11.9 Å². The van der Waals surface area contributed by atoms with Crippen molar-refractivity contribution in [2.24, 2.45) is 0 Å². The molecule has 0 amide bonds. The fourth-order valence-corrected chi connectivity index (χ4v) is 4.56. The van der Waals surface area contributed by atoms with E-state index in [2.05, 4.69) is 27.5 Å². The molecule has 2 N–H and O–H groups in total. The number of carboxylic acids is 2. The number of carboxylic acid groups (broad SMARTS) is 2. The van der Waals surface area contributed by atoms with Crippen molar-refractivity contribution in [1.29, 1.82) is 0 Å². The molecular weight excluding hydrogens is 516 g/mol. The van der Waals surface area contributed by atoms with E-state index in [1.54, 1.807) is 0 Å². The van der Waals surface area contributed by atoms with E-state index < -0.39 is 25.0 Å². The van der Waals surface area contributed by atoms with Crippen molar-refractivity contribution in [3.8, 4) is 0 Å². The number of anilines is 2. The first-order valence-electron chi connectivity index (χ1n) is 12.1. The van der Waals surface area contributed by atoms with Crippen molar-refractivity contribution in [3.63, 3.8) is 0 Å². The maximum Gasteiger partial charge on any atom is 1.00 e. The van der Waals surface area contributed by atoms with Gasteiger partial charge in [0.2, 0.25) is 0 Å². The molecule has 0 aliphatic heterocycles. The molecule has 0 bridgehead atoms. The Morgan fingerprint density at radius 3 is 1.44 bits per heavy atom. The van der Waals surface area contributed by atoms with Crippen LogP contribution in [0, 0.1) is 34.6 Å². The first kappa shape index (κ1) is 35.0. The molecule has 3 rings (SSSR count). The van der Waals surface area contributed by atoms with E-state index in [4.69, 9.17) is 0 Å². The van der Waals surface area contributed by atoms with Crippen molar-refractivity contribution in [2.45, 2.75) is 54.3 Å². The number of benzene rings is 1. The van der Waals surface area contributed by atoms with Crippen molar-refractivity contribution in [2.75, 3.05) is 23.7 Å². The Kier molecular flexibility index (Phi) is 14.7. The number of aromatic nitrogens is 2. The van der Waals surface area contributed by atoms with Gasteiger partial charge in [0, 0.05) is 44.1 Å². The molecule has 1 aromatic carbocycles. The van der Waals surface area contributed by atoms with E-state index in [-0.39, 0.29) is 65.7 Å². The first-order valence-corrected chi connectivity index (χ1v) is 12.1. The summed E-state index contributed by atoms with van der Waals surface area (Å²) in [5, 5.41) is 29.4. The van der Waals surface area contributed by atoms with Gasteiger partial charge in [0.1, 0.15) is 11.6 Å². The molecule has 196 valence electrons. The van der Waals surface area contributed by atoms with E-state index in [9.17, 15) is 19.8 Å². The molecule has 0 saturated heterocycles. The SMILES string of the molecule is Cc1cccc(NCc2c(C)c(CNc3cccc(C)n3)c(C)c(CN(CC(=O)[O-])CC(=O)[O-])c2C)n1.[Na+].[Na+]. The molecule has 0 fully saturated rings. The predicted octanol–water partition coefficient (Wildman–Crippen LogP) is -4.45. The Labute approximate surface area is 274 Å². The molecule has 0 atom stereocenters. The van der Waals surface area contributed by atoms with Crippen LogP contribution in [0.3, 0.4) is 0 Å². The van der Waals surface area contributed by atoms with Gasteiger partial charge >= 0.3 is 59.1 Å². The maximum absolute atomic E-state index is 11.3. The summed E-state index contributed by atoms with van der Waals surface area (Å²) < 4.78 is 0. The number of carbonyl (C=O) groups excluding carboxylic acids is 2. The van der Waals surface area contributed by atoms with Crippen LogP contribution < -0.4 is 80.0 Å². The smallest absolute Gasteiger partial charge is 0.549 e. The Morgan fingerprint density at radius 2 is 1.08 bits per heavy atom. The van der Waals surface area contributed by atoms with Gasteiger partial charge in [-0.3, -0.25) is 4.90 Å². The number of nitrogens with zero attached hydrogens (tertiary/aromatic N) is 3. The van der Waals surface area contributed by atoms with Gasteiger partial charge in [-0.25, -0.2) is 9.97 Å². The van der Waals surface area contributed by atoms with Crippen LogP contribution in [-0.2, 0) is 29.2 Å². The molecule has 0 unspecified atom stereocenters. The van der Waals surface area contributed by atoms with Crippen LogP contribution in [0.25, 0.3) is 0 Å². The largest absolute Gasteiger partial charge is 1.00 e. The molecule has 3 aromatic rings. The van der Waals surface area contributed by atoms with E-state index in [1.807, 2.05) is 64.1 Å². The van der Waals surface area contributed by atoms with Crippen LogP contribution in [0.4, 0.5) is 11.6 Å². The van der Waals surface area contributed by atoms with E-state index >= 15 is 0 Å². The normalized spacial score (nSPS) is 10.4. The minimum Gasteiger partial charge on any atom is -0.549 e. The maximum atomic E-state index is 11.3. The van der Waals surface area contributed by atoms with Crippen molar-refractivity contribution >= 4 is 23.6 Å². The zero-order valence-corrected chi connectivity index (χ0v) is 28.0. The minimum atomic E-state index is -1.34. The number of nitrogens with one attached hydrogen (secondary N) is 2. The third kappa shape index (κ3) is 10.2. The van der Waals surface area contributed by atoms with Crippen molar-refractivity contribution in [1.82, 2.24) is 14.9 Å². The van der Waals surface area contributed by atoms with E-state index in [0.29, 0.717) is 13.1 Å². The van der Waals surface area contributed by atoms with Gasteiger partial charge in [0.25, 0.3) is 0 Å². The summed E-state index contributed by atoms with van der Waals surface area (Å²) in [7, 11) is 0. The molecular formula is C28H33N5Na2O4. The molecule has 0 spiro atoms. The van der Waals surface area contributed by atoms with E-state index in [0.717, 1.165) is 56.4 Å². The number of hydrogen-bond acceptors (Lipinski definition) is 9. The second-order valence-electron chi connectivity index (χ2n) is 9.24. The van der Waals surface area contributed by atoms with Crippen LogP contribution in [0.5, 0.6) is 0 Å². The summed E-state index contributed by atoms with van der Waals surface area (Å²) in [5.74, 6) is -1.19. The molecule has 2 heterocycles. The summed E-state index contributed by atoms with van der Waals surface area (Å²) >= 11 is 0. The van der Waals surface area contributed by atoms with Crippen LogP contribution in [0.2, 0.25) is 0 Å². The van der Waals surface area contributed by atoms with Crippen LogP contribution in [0.15, 0.2) is 36.4 Å². The Morgan fingerprint density at radius 1 is 0.692 bits per heavy atom. The fraction of sp³-hybridized carbons (Fsp3) is 0.357. The number of rotatable bonds is 12. The van der Waals surface area contributed by atoms with Gasteiger partial charge in [-0.15, -0.1) is 0 Å². The van der Waals surface area contributed by atoms with Crippen molar-refractivity contribution in [3.05, 3.63) is 81.2 Å². The average molecular weight is 550 g/mol. The summed E-state index contributed by atoms with van der Waals surface area (Å²) in [6, 6.07) is 11.5. The fourth-order valence-electron chi connectivity index (χ4n) is 4.56. The predicted molar refractivity (Wildman–Crippen MR) is 139 cm³/mol. The van der Waals surface area contributed by atoms with Gasteiger partial charge in [0.15, 0.2) is 0 Å². The van der Waals surface area contributed by atoms with Gasteiger partial charge in [-0.2, -0.15) is 0 Å². The Balaban J connectivity index is 0.00000380. The molecule has 0 radical (unpaired) electrons. The second kappa shape index (κ2) is 16.3. The zero-order valence-electron chi connectivity index (χ0n) is 24.0. The summed E-state index contributed by atoms with van der Waals surface area (Å²) in [4.78, 5) is 33.0. The molecule has 0 aliphatic rings. The monoisotopic (exact) mass is 549 g/mol. The molecule has 2 aromatic heterocycles. The second-order valence-corrected chi connectivity index (χ2v) is 9.24. The average Bonchev–Trinajstić information content (AvgIpc) is 2.81. The quantitative estimate of drug-likeness (QED) is 0.215. The van der Waals surface area contributed by atoms with Crippen molar-refractivity contribution < 1.29 is 78.9 Å². The molecule has 0 aliphatic carbocycles. The number of hydrogen-bond donors (Lipinski definition) is 2. The standard InChI is InChI=1S/C28H35N5O4.2Na/c1-17-8-6-10-25(31-17)29-12-22-19(3)23(13-30-26-11-7-9-18(2)32-26)21(5)24(20(22)4)14-33(15-27(34)35)16-28(36)37;;/h6-11H,12-16H2,1-5H3,(H,29,31)(H,30,32)(H,34,35)(H,36,37);;/q;2*+1/p-2. The molecule has 39 heavy (non-hydrogen) atoms. The molecule has 0 saturated carbocycles. The topological polar surface area (TPSA) is 133 Å². The van der Waals surface area contributed by atoms with Crippen LogP contribution in [0.1, 0.15) is 44.8 Å². The Bertz CT molecular complexity index is 1210. The van der Waals surface area contributed by atoms with Crippen LogP contribution in [-0.4, -0.2) is 39.9 Å². The zero-order chi connectivity index (χ0) is 27.1. The summed E-state index contributed by atoms with van der Waals surface area (Å²) in [5.41, 5.74) is 7.78. The third-order valence-electron chi connectivity index (χ3n) is 6.47. The summed E-state index contributed by atoms with van der Waals surface area (Å²) in [6.07, 6.45) is 0. The molecule has 11 heteroatoms. The number of aryl methyl sites for hydroxylation is 2.